The van der Waals surface area contributed by atoms with E-state index in [2.05, 4.69) is 10.6 Å². The van der Waals surface area contributed by atoms with Crippen LogP contribution in [0.2, 0.25) is 0 Å². The van der Waals surface area contributed by atoms with Crippen molar-refractivity contribution in [3.05, 3.63) is 90.2 Å². The lowest BCUT2D eigenvalue weighted by Gasteiger charge is -2.14. The Hall–Kier alpha value is -3.25. The molecule has 26 heavy (non-hydrogen) atoms. The summed E-state index contributed by atoms with van der Waals surface area (Å²) in [6.07, 6.45) is 0. The minimum Gasteiger partial charge on any atom is -0.455 e. The number of halogens is 1. The number of thiocarbonyl (C=S) groups is 1. The fraction of sp³-hybridized carbons (Fsp3) is 0. The third-order valence-electron chi connectivity index (χ3n) is 3.44. The summed E-state index contributed by atoms with van der Waals surface area (Å²) in [6, 6.07) is 21.6. The van der Waals surface area contributed by atoms with Crippen LogP contribution in [0.25, 0.3) is 0 Å². The summed E-state index contributed by atoms with van der Waals surface area (Å²) in [5, 5.41) is 5.71. The number of hydrogen-bond acceptors (Lipinski definition) is 3. The highest BCUT2D eigenvalue weighted by atomic mass is 32.1. The third kappa shape index (κ3) is 4.64. The van der Waals surface area contributed by atoms with Gasteiger partial charge in [-0.25, -0.2) is 4.39 Å². The monoisotopic (exact) mass is 366 g/mol. The Morgan fingerprint density at radius 3 is 2.27 bits per heavy atom. The summed E-state index contributed by atoms with van der Waals surface area (Å²) in [7, 11) is 0. The molecule has 0 aliphatic rings. The molecule has 3 aromatic rings. The zero-order valence-corrected chi connectivity index (χ0v) is 14.4. The zero-order chi connectivity index (χ0) is 18.4. The number of ether oxygens (including phenoxy) is 1. The summed E-state index contributed by atoms with van der Waals surface area (Å²) in [5.41, 5.74) is 1.09. The highest BCUT2D eigenvalue weighted by Crippen LogP contribution is 2.29. The van der Waals surface area contributed by atoms with Crippen LogP contribution < -0.4 is 15.4 Å². The number of carbonyl (C=O) groups excluding carboxylic acids is 1. The van der Waals surface area contributed by atoms with Crippen LogP contribution in [0.3, 0.4) is 0 Å². The van der Waals surface area contributed by atoms with E-state index in [-0.39, 0.29) is 16.8 Å². The van der Waals surface area contributed by atoms with Crippen molar-refractivity contribution in [2.45, 2.75) is 0 Å². The van der Waals surface area contributed by atoms with Crippen molar-refractivity contribution in [2.24, 2.45) is 0 Å². The molecule has 0 atom stereocenters. The molecule has 1 amide bonds. The van der Waals surface area contributed by atoms with Gasteiger partial charge >= 0.3 is 0 Å². The van der Waals surface area contributed by atoms with Crippen LogP contribution in [-0.2, 0) is 0 Å². The number of carbonyl (C=O) groups is 1. The maximum Gasteiger partial charge on any atom is 0.257 e. The van der Waals surface area contributed by atoms with Gasteiger partial charge < -0.3 is 10.1 Å². The highest BCUT2D eigenvalue weighted by molar-refractivity contribution is 7.80. The van der Waals surface area contributed by atoms with Crippen molar-refractivity contribution in [3.8, 4) is 11.5 Å². The first kappa shape index (κ1) is 17.6. The Bertz CT molecular complexity index is 915. The van der Waals surface area contributed by atoms with Crippen molar-refractivity contribution in [2.75, 3.05) is 5.32 Å². The van der Waals surface area contributed by atoms with Gasteiger partial charge in [-0.2, -0.15) is 0 Å². The molecule has 0 aromatic heterocycles. The maximum atomic E-state index is 13.0. The SMILES string of the molecule is O=C(NC(=S)Nc1ccccc1Oc1ccc(F)cc1)c1ccccc1. The predicted molar refractivity (Wildman–Crippen MR) is 103 cm³/mol. The van der Waals surface area contributed by atoms with Gasteiger partial charge in [0.15, 0.2) is 10.9 Å². The van der Waals surface area contributed by atoms with Gasteiger partial charge in [0.2, 0.25) is 0 Å². The number of hydrogen-bond donors (Lipinski definition) is 2. The maximum absolute atomic E-state index is 13.0. The van der Waals surface area contributed by atoms with E-state index in [1.165, 1.54) is 24.3 Å². The van der Waals surface area contributed by atoms with Crippen molar-refractivity contribution < 1.29 is 13.9 Å². The second-order valence-corrected chi connectivity index (χ2v) is 5.73. The van der Waals surface area contributed by atoms with Crippen LogP contribution in [0.15, 0.2) is 78.9 Å². The number of benzene rings is 3. The van der Waals surface area contributed by atoms with E-state index < -0.39 is 0 Å². The number of anilines is 1. The normalized spacial score (nSPS) is 10.0. The minimum absolute atomic E-state index is 0.147. The fourth-order valence-corrected chi connectivity index (χ4v) is 2.41. The van der Waals surface area contributed by atoms with E-state index in [0.29, 0.717) is 22.7 Å². The summed E-state index contributed by atoms with van der Waals surface area (Å²) >= 11 is 5.21. The van der Waals surface area contributed by atoms with Gasteiger partial charge in [-0.05, 0) is 60.7 Å². The smallest absolute Gasteiger partial charge is 0.257 e. The van der Waals surface area contributed by atoms with E-state index in [4.69, 9.17) is 17.0 Å². The molecule has 6 heteroatoms. The summed E-state index contributed by atoms with van der Waals surface area (Å²) in [4.78, 5) is 12.1. The molecule has 4 nitrogen and oxygen atoms in total. The van der Waals surface area contributed by atoms with Crippen molar-refractivity contribution in [3.63, 3.8) is 0 Å². The van der Waals surface area contributed by atoms with E-state index >= 15 is 0 Å². The third-order valence-corrected chi connectivity index (χ3v) is 3.64. The summed E-state index contributed by atoms with van der Waals surface area (Å²) in [6.45, 7) is 0. The molecule has 0 fully saturated rings. The molecule has 3 aromatic carbocycles. The molecular formula is C20H15FN2O2S. The highest BCUT2D eigenvalue weighted by Gasteiger charge is 2.10. The first-order chi connectivity index (χ1) is 12.6. The fourth-order valence-electron chi connectivity index (χ4n) is 2.21. The second-order valence-electron chi connectivity index (χ2n) is 5.33. The minimum atomic E-state index is -0.339. The average molecular weight is 366 g/mol. The molecule has 0 heterocycles. The van der Waals surface area contributed by atoms with Crippen LogP contribution in [0.4, 0.5) is 10.1 Å². The summed E-state index contributed by atoms with van der Waals surface area (Å²) < 4.78 is 18.8. The molecule has 130 valence electrons. The quantitative estimate of drug-likeness (QED) is 0.655. The van der Waals surface area contributed by atoms with Gasteiger partial charge in [-0.15, -0.1) is 0 Å². The molecular weight excluding hydrogens is 351 g/mol. The molecule has 0 aliphatic heterocycles. The molecule has 0 spiro atoms. The Morgan fingerprint density at radius 1 is 0.885 bits per heavy atom. The van der Waals surface area contributed by atoms with E-state index in [0.717, 1.165) is 0 Å². The van der Waals surface area contributed by atoms with Gasteiger partial charge in [0.25, 0.3) is 5.91 Å². The first-order valence-electron chi connectivity index (χ1n) is 7.81. The van der Waals surface area contributed by atoms with Gasteiger partial charge in [0.1, 0.15) is 11.6 Å². The number of amides is 1. The van der Waals surface area contributed by atoms with Crippen LogP contribution in [0.1, 0.15) is 10.4 Å². The average Bonchev–Trinajstić information content (AvgIpc) is 2.66. The number of nitrogens with one attached hydrogen (secondary N) is 2. The lowest BCUT2D eigenvalue weighted by Crippen LogP contribution is -2.34. The van der Waals surface area contributed by atoms with Crippen LogP contribution in [0.5, 0.6) is 11.5 Å². The molecule has 0 saturated heterocycles. The standard InChI is InChI=1S/C20H15FN2O2S/c21-15-10-12-16(13-11-15)25-18-9-5-4-8-17(18)22-20(26)23-19(24)14-6-2-1-3-7-14/h1-13H,(H2,22,23,24,26). The number of rotatable bonds is 4. The largest absolute Gasteiger partial charge is 0.455 e. The predicted octanol–water partition coefficient (Wildman–Crippen LogP) is 4.74. The van der Waals surface area contributed by atoms with E-state index in [1.54, 1.807) is 42.5 Å². The first-order valence-corrected chi connectivity index (χ1v) is 8.22. The second kappa shape index (κ2) is 8.22. The van der Waals surface area contributed by atoms with Gasteiger partial charge in [-0.3, -0.25) is 10.1 Å². The van der Waals surface area contributed by atoms with Crippen molar-refractivity contribution >= 4 is 28.9 Å². The Kier molecular flexibility index (Phi) is 5.56. The molecule has 0 radical (unpaired) electrons. The Balaban J connectivity index is 1.68. The van der Waals surface area contributed by atoms with E-state index in [1.807, 2.05) is 12.1 Å². The molecule has 2 N–H and O–H groups in total. The van der Waals surface area contributed by atoms with Gasteiger partial charge in [-0.1, -0.05) is 30.3 Å². The van der Waals surface area contributed by atoms with Gasteiger partial charge in [0, 0.05) is 5.56 Å². The van der Waals surface area contributed by atoms with Crippen molar-refractivity contribution in [1.82, 2.24) is 5.32 Å². The molecule has 0 saturated carbocycles. The molecule has 3 rings (SSSR count). The zero-order valence-electron chi connectivity index (χ0n) is 13.6. The summed E-state index contributed by atoms with van der Waals surface area (Å²) in [5.74, 6) is 0.337. The Labute approximate surface area is 155 Å². The van der Waals surface area contributed by atoms with E-state index in [9.17, 15) is 9.18 Å². The van der Waals surface area contributed by atoms with Crippen LogP contribution in [0, 0.1) is 5.82 Å². The van der Waals surface area contributed by atoms with Gasteiger partial charge in [0.05, 0.1) is 5.69 Å². The molecule has 0 bridgehead atoms. The van der Waals surface area contributed by atoms with Crippen molar-refractivity contribution in [1.29, 1.82) is 0 Å². The number of para-hydroxylation sites is 2. The topological polar surface area (TPSA) is 50.4 Å². The Morgan fingerprint density at radius 2 is 1.54 bits per heavy atom. The molecule has 0 aliphatic carbocycles. The lowest BCUT2D eigenvalue weighted by molar-refractivity contribution is 0.0977. The van der Waals surface area contributed by atoms with Crippen LogP contribution >= 0.6 is 12.2 Å². The van der Waals surface area contributed by atoms with Crippen LogP contribution in [-0.4, -0.2) is 11.0 Å². The lowest BCUT2D eigenvalue weighted by atomic mass is 10.2. The molecule has 0 unspecified atom stereocenters.